The lowest BCUT2D eigenvalue weighted by atomic mass is 9.77. The molecule has 2 atom stereocenters. The van der Waals surface area contributed by atoms with Gasteiger partial charge in [-0.15, -0.1) is 0 Å². The molecule has 15 nitrogen and oxygen atoms in total. The van der Waals surface area contributed by atoms with Crippen LogP contribution in [0.5, 0.6) is 0 Å². The van der Waals surface area contributed by atoms with Gasteiger partial charge in [-0.2, -0.15) is 0 Å². The van der Waals surface area contributed by atoms with E-state index in [0.29, 0.717) is 80.7 Å². The second-order valence-corrected chi connectivity index (χ2v) is 32.7. The van der Waals surface area contributed by atoms with E-state index in [-0.39, 0.29) is 57.5 Å². The number of sulfone groups is 2. The standard InChI is InChI=1S/C66H81B2N5O10S2Si/c1-43(2)62(74)20-15-16-32-72(39-46-34-50(84(9,80)81)24-29-60(46)67(76)77)42-59-53-19-14-13-18-52(53)58(41-73(33-17-31-69-66(75)44(3)4)40-47-35-51(85(10,82)83)25-30-61(47)68(78)79)54-26-21-45(36-57(54)59)65-55-27-22-48(70(5)6)37-63(55)86(11,12)64-38-49(71(7)8)23-28-56(64)65/h13-14,18-19,21-30,34-38,48,55,76-79H,1,3,15-17,20,31-33,39-42H2,2,4-12H3/p+1. The Bertz CT molecular complexity index is 3970. The van der Waals surface area contributed by atoms with Gasteiger partial charge in [0.15, 0.2) is 31.2 Å². The summed E-state index contributed by atoms with van der Waals surface area (Å²) in [6.45, 7) is 17.9. The Balaban J connectivity index is 1.40. The van der Waals surface area contributed by atoms with Crippen LogP contribution in [-0.2, 0) is 55.4 Å². The molecule has 1 aliphatic heterocycles. The zero-order chi connectivity index (χ0) is 62.7. The average Bonchev–Trinajstić information content (AvgIpc) is 0.754. The highest BCUT2D eigenvalue weighted by molar-refractivity contribution is 7.91. The van der Waals surface area contributed by atoms with Gasteiger partial charge in [0.1, 0.15) is 22.2 Å². The quantitative estimate of drug-likeness (QED) is 0.0108. The van der Waals surface area contributed by atoms with Gasteiger partial charge in [0.05, 0.1) is 9.79 Å². The molecule has 5 aromatic carbocycles. The van der Waals surface area contributed by atoms with Gasteiger partial charge < -0.3 is 25.4 Å². The number of Topliss-reactive ketones (excluding diaryl/α,β-unsaturated/α-hetero) is 1. The van der Waals surface area contributed by atoms with E-state index >= 15 is 0 Å². The monoisotopic (exact) mass is 1220 g/mol. The Morgan fingerprint density at radius 1 is 0.686 bits per heavy atom. The molecule has 1 amide bonds. The van der Waals surface area contributed by atoms with Gasteiger partial charge in [-0.05, 0) is 172 Å². The molecule has 0 radical (unpaired) electrons. The number of fused-ring (bicyclic) bond motifs is 4. The summed E-state index contributed by atoms with van der Waals surface area (Å²) in [5, 5.41) is 52.4. The van der Waals surface area contributed by atoms with Crippen LogP contribution >= 0.6 is 0 Å². The molecule has 0 aromatic heterocycles. The van der Waals surface area contributed by atoms with Crippen LogP contribution in [0.15, 0.2) is 165 Å². The second kappa shape index (κ2) is 26.9. The fraction of sp³-hybridized carbons (Fsp3) is 0.348. The maximum absolute atomic E-state index is 13.1. The first-order valence-electron chi connectivity index (χ1n) is 29.1. The van der Waals surface area contributed by atoms with Gasteiger partial charge in [-0.25, -0.2) is 21.4 Å². The number of allylic oxidation sites excluding steroid dienone is 9. The lowest BCUT2D eigenvalue weighted by Gasteiger charge is -2.44. The second-order valence-electron chi connectivity index (χ2n) is 24.3. The van der Waals surface area contributed by atoms with E-state index in [1.807, 2.05) is 12.1 Å². The third-order valence-corrected chi connectivity index (χ3v) is 22.9. The summed E-state index contributed by atoms with van der Waals surface area (Å²) in [7, 11) is -5.19. The summed E-state index contributed by atoms with van der Waals surface area (Å²) < 4.78 is 54.4. The van der Waals surface area contributed by atoms with Crippen molar-refractivity contribution in [1.29, 1.82) is 0 Å². The molecule has 86 heavy (non-hydrogen) atoms. The number of likely N-dealkylation sites (N-methyl/N-ethyl adjacent to an activating group) is 1. The Morgan fingerprint density at radius 3 is 1.74 bits per heavy atom. The molecule has 2 unspecified atom stereocenters. The number of ketones is 1. The minimum Gasteiger partial charge on any atom is -0.423 e. The maximum atomic E-state index is 13.1. The number of hydrogen-bond donors (Lipinski definition) is 5. The zero-order valence-corrected chi connectivity index (χ0v) is 53.9. The van der Waals surface area contributed by atoms with Crippen LogP contribution in [0.2, 0.25) is 13.1 Å². The van der Waals surface area contributed by atoms with Gasteiger partial charge in [0.25, 0.3) is 0 Å². The molecular formula is C66H82B2N5O10S2Si+. The molecule has 0 saturated carbocycles. The Hall–Kier alpha value is -6.42. The summed E-state index contributed by atoms with van der Waals surface area (Å²) in [6.07, 6.45) is 18.1. The van der Waals surface area contributed by atoms with Crippen molar-refractivity contribution in [2.24, 2.45) is 5.92 Å². The number of nitrogens with zero attached hydrogens (tertiary/aromatic N) is 4. The molecule has 1 heterocycles. The molecule has 5 N–H and O–H groups in total. The SMILES string of the molecule is C=C(C)C(=O)CCCCN(Cc1cc(S(C)(=O)=O)ccc1B(O)O)Cc1c2ccccc2c(CN(CCCNC(=O)C(=C)C)Cc2cc(S(C)(=O)=O)ccc2B(O)O)c2ccc(C3=C4C=CC(=[N+](C)C)C=C4[Si](C)(C)C4=CC(N(C)C)C=CC43)cc12. The van der Waals surface area contributed by atoms with Crippen molar-refractivity contribution in [2.75, 3.05) is 60.3 Å². The van der Waals surface area contributed by atoms with Gasteiger partial charge in [-0.3, -0.25) is 24.3 Å². The number of rotatable bonds is 25. The van der Waals surface area contributed by atoms with Crippen LogP contribution in [0, 0.1) is 5.92 Å². The van der Waals surface area contributed by atoms with Crippen molar-refractivity contribution >= 4 is 97.4 Å². The molecule has 2 aliphatic carbocycles. The predicted octanol–water partition coefficient (Wildman–Crippen LogP) is 6.37. The number of benzene rings is 5. The predicted molar refractivity (Wildman–Crippen MR) is 351 cm³/mol. The smallest absolute Gasteiger partial charge is 0.423 e. The summed E-state index contributed by atoms with van der Waals surface area (Å²) in [5.74, 6) is -0.344. The summed E-state index contributed by atoms with van der Waals surface area (Å²) in [4.78, 5) is 32.3. The molecule has 0 bridgehead atoms. The van der Waals surface area contributed by atoms with Gasteiger partial charge in [0, 0.05) is 87.9 Å². The summed E-state index contributed by atoms with van der Waals surface area (Å²) in [6, 6.07) is 23.6. The number of nitrogens with one attached hydrogen (secondary N) is 1. The summed E-state index contributed by atoms with van der Waals surface area (Å²) >= 11 is 0. The van der Waals surface area contributed by atoms with Crippen LogP contribution in [0.1, 0.15) is 67.3 Å². The van der Waals surface area contributed by atoms with Crippen molar-refractivity contribution in [1.82, 2.24) is 20.0 Å². The number of amides is 1. The molecule has 0 spiro atoms. The lowest BCUT2D eigenvalue weighted by molar-refractivity contribution is -0.462. The molecule has 5 aromatic rings. The normalized spacial score (nSPS) is 16.6. The van der Waals surface area contributed by atoms with Crippen molar-refractivity contribution in [3.05, 3.63) is 183 Å². The number of hydrogen-bond acceptors (Lipinski definition) is 13. The van der Waals surface area contributed by atoms with E-state index in [4.69, 9.17) is 0 Å². The third kappa shape index (κ3) is 14.8. The molecular weight excluding hydrogens is 1140 g/mol. The van der Waals surface area contributed by atoms with Crippen LogP contribution in [0.4, 0.5) is 0 Å². The fourth-order valence-electron chi connectivity index (χ4n) is 12.2. The Labute approximate surface area is 510 Å². The van der Waals surface area contributed by atoms with Gasteiger partial charge >= 0.3 is 14.2 Å². The van der Waals surface area contributed by atoms with E-state index in [1.54, 1.807) is 13.8 Å². The first-order valence-corrected chi connectivity index (χ1v) is 35.9. The summed E-state index contributed by atoms with van der Waals surface area (Å²) in [5.41, 5.74) is 8.42. The zero-order valence-electron chi connectivity index (χ0n) is 51.3. The molecule has 0 fully saturated rings. The number of unbranched alkanes of at least 4 members (excludes halogenated alkanes) is 1. The minimum atomic E-state index is -3.71. The van der Waals surface area contributed by atoms with Crippen molar-refractivity contribution in [3.63, 3.8) is 0 Å². The van der Waals surface area contributed by atoms with Crippen molar-refractivity contribution in [2.45, 2.75) is 94.6 Å². The van der Waals surface area contributed by atoms with E-state index < -0.39 is 42.0 Å². The van der Waals surface area contributed by atoms with Gasteiger partial charge in [0.2, 0.25) is 5.91 Å². The molecule has 8 rings (SSSR count). The topological polar surface area (TPSA) is 208 Å². The number of carbonyl (C=O) groups is 2. The first-order chi connectivity index (χ1) is 40.5. The fourth-order valence-corrected chi connectivity index (χ4v) is 16.8. The largest absolute Gasteiger partial charge is 0.488 e. The van der Waals surface area contributed by atoms with Crippen molar-refractivity contribution in [3.8, 4) is 0 Å². The van der Waals surface area contributed by atoms with E-state index in [1.165, 1.54) is 57.9 Å². The van der Waals surface area contributed by atoms with Crippen LogP contribution in [-0.4, -0.2) is 162 Å². The molecule has 20 heteroatoms. The average molecular weight is 1220 g/mol. The molecule has 452 valence electrons. The van der Waals surface area contributed by atoms with Crippen LogP contribution < -0.4 is 16.2 Å². The highest BCUT2D eigenvalue weighted by Crippen LogP contribution is 2.51. The highest BCUT2D eigenvalue weighted by atomic mass is 32.2. The lowest BCUT2D eigenvalue weighted by Crippen LogP contribution is -2.44. The number of carbonyl (C=O) groups excluding carboxylic acids is 2. The molecule has 3 aliphatic rings. The Morgan fingerprint density at radius 2 is 1.23 bits per heavy atom. The van der Waals surface area contributed by atoms with Crippen molar-refractivity contribution < 1.29 is 51.1 Å². The highest BCUT2D eigenvalue weighted by Gasteiger charge is 2.45. The van der Waals surface area contributed by atoms with E-state index in [0.717, 1.165) is 56.5 Å². The Kier molecular flexibility index (Phi) is 20.5. The van der Waals surface area contributed by atoms with Gasteiger partial charge in [-0.1, -0.05) is 98.2 Å². The van der Waals surface area contributed by atoms with E-state index in [9.17, 15) is 46.5 Å². The van der Waals surface area contributed by atoms with Crippen LogP contribution in [0.3, 0.4) is 0 Å². The van der Waals surface area contributed by atoms with Crippen LogP contribution in [0.25, 0.3) is 27.1 Å². The minimum absolute atomic E-state index is 0.0304. The van der Waals surface area contributed by atoms with E-state index in [2.05, 4.69) is 146 Å². The third-order valence-electron chi connectivity index (χ3n) is 17.0. The maximum Gasteiger partial charge on any atom is 0.488 e. The first kappa shape index (κ1) is 65.5. The molecule has 0 saturated heterocycles.